The summed E-state index contributed by atoms with van der Waals surface area (Å²) in [5.41, 5.74) is 0.602. The molecule has 3 aliphatic rings. The van der Waals surface area contributed by atoms with Crippen LogP contribution in [0.3, 0.4) is 0 Å². The number of nitrogens with zero attached hydrogens (tertiary/aromatic N) is 1. The maximum atomic E-state index is 12.6. The Morgan fingerprint density at radius 3 is 2.58 bits per heavy atom. The number of hydrogen-bond acceptors (Lipinski definition) is 7. The topological polar surface area (TPSA) is 123 Å². The second kappa shape index (κ2) is 10.1. The zero-order valence-corrected chi connectivity index (χ0v) is 18.6. The molecule has 1 saturated carbocycles. The number of benzene rings is 1. The fourth-order valence-electron chi connectivity index (χ4n) is 4.32. The lowest BCUT2D eigenvalue weighted by molar-refractivity contribution is -0.158. The van der Waals surface area contributed by atoms with Gasteiger partial charge >= 0.3 is 12.0 Å². The van der Waals surface area contributed by atoms with Crippen molar-refractivity contribution in [3.63, 3.8) is 0 Å². The van der Waals surface area contributed by atoms with Gasteiger partial charge in [-0.25, -0.2) is 4.79 Å². The maximum Gasteiger partial charge on any atom is 0.321 e. The Kier molecular flexibility index (Phi) is 7.00. The molecule has 0 aromatic heterocycles. The first-order valence-electron chi connectivity index (χ1n) is 11.4. The molecule has 0 spiro atoms. The van der Waals surface area contributed by atoms with E-state index in [1.54, 1.807) is 18.2 Å². The van der Waals surface area contributed by atoms with E-state index in [1.807, 2.05) is 0 Å². The molecule has 2 heterocycles. The molecule has 1 saturated heterocycles. The number of urea groups is 1. The first-order chi connectivity index (χ1) is 15.9. The summed E-state index contributed by atoms with van der Waals surface area (Å²) in [6.45, 7) is 2.43. The molecule has 0 unspecified atom stereocenters. The van der Waals surface area contributed by atoms with Crippen LogP contribution in [0.1, 0.15) is 45.4 Å². The number of hydrogen-bond donors (Lipinski definition) is 2. The van der Waals surface area contributed by atoms with E-state index in [0.717, 1.165) is 32.1 Å². The number of imide groups is 1. The largest absolute Gasteiger partial charge is 0.486 e. The van der Waals surface area contributed by atoms with Crippen molar-refractivity contribution in [2.75, 3.05) is 24.7 Å². The number of fused-ring (bicyclic) bond motifs is 1. The highest BCUT2D eigenvalue weighted by Gasteiger charge is 2.38. The van der Waals surface area contributed by atoms with Crippen LogP contribution >= 0.6 is 0 Å². The van der Waals surface area contributed by atoms with E-state index in [1.165, 1.54) is 11.8 Å². The third-order valence-electron chi connectivity index (χ3n) is 6.14. The molecular weight excluding hydrogens is 430 g/mol. The van der Waals surface area contributed by atoms with Crippen LogP contribution in [-0.4, -0.2) is 55.7 Å². The first-order valence-corrected chi connectivity index (χ1v) is 11.4. The van der Waals surface area contributed by atoms with Crippen LogP contribution in [0.2, 0.25) is 0 Å². The fourth-order valence-corrected chi connectivity index (χ4v) is 4.32. The number of carbonyl (C=O) groups is 4. The molecule has 0 bridgehead atoms. The van der Waals surface area contributed by atoms with Gasteiger partial charge in [0.05, 0.1) is 5.92 Å². The maximum absolute atomic E-state index is 12.6. The van der Waals surface area contributed by atoms with E-state index < -0.39 is 29.9 Å². The lowest BCUT2D eigenvalue weighted by Crippen LogP contribution is -2.48. The normalized spacial score (nSPS) is 21.3. The molecule has 4 rings (SSSR count). The van der Waals surface area contributed by atoms with Gasteiger partial charge in [0, 0.05) is 30.8 Å². The third-order valence-corrected chi connectivity index (χ3v) is 6.14. The van der Waals surface area contributed by atoms with Gasteiger partial charge in [-0.1, -0.05) is 19.3 Å². The standard InChI is InChI=1S/C23H29N3O7/c1-14(21(28)25-23(30)24-16-5-3-2-4-6-16)33-22(29)15-11-20(27)26(13-15)17-7-8-18-19(12-17)32-10-9-31-18/h7-8,12,14-16H,2-6,9-11,13H2,1H3,(H2,24,25,28,30)/t14-,15-/m1/s1. The van der Waals surface area contributed by atoms with Gasteiger partial charge in [0.25, 0.3) is 5.91 Å². The van der Waals surface area contributed by atoms with Gasteiger partial charge in [-0.05, 0) is 31.9 Å². The van der Waals surface area contributed by atoms with Crippen LogP contribution in [0.15, 0.2) is 18.2 Å². The molecule has 0 radical (unpaired) electrons. The number of ether oxygens (including phenoxy) is 3. The van der Waals surface area contributed by atoms with Crippen molar-refractivity contribution in [2.45, 2.75) is 57.6 Å². The number of rotatable bonds is 5. The van der Waals surface area contributed by atoms with Gasteiger partial charge in [0.2, 0.25) is 5.91 Å². The van der Waals surface area contributed by atoms with Gasteiger partial charge in [-0.3, -0.25) is 19.7 Å². The van der Waals surface area contributed by atoms with E-state index in [9.17, 15) is 19.2 Å². The van der Waals surface area contributed by atoms with E-state index >= 15 is 0 Å². The van der Waals surface area contributed by atoms with Crippen LogP contribution < -0.4 is 25.0 Å². The molecule has 2 fully saturated rings. The molecule has 4 amide bonds. The second-order valence-electron chi connectivity index (χ2n) is 8.61. The third kappa shape index (κ3) is 5.55. The number of amides is 4. The van der Waals surface area contributed by atoms with Crippen LogP contribution in [0, 0.1) is 5.92 Å². The average molecular weight is 459 g/mol. The Labute approximate surface area is 191 Å². The number of anilines is 1. The first kappa shape index (κ1) is 22.9. The van der Waals surface area contributed by atoms with E-state index in [2.05, 4.69) is 10.6 Å². The Morgan fingerprint density at radius 1 is 1.09 bits per heavy atom. The second-order valence-corrected chi connectivity index (χ2v) is 8.61. The van der Waals surface area contributed by atoms with E-state index in [0.29, 0.717) is 30.4 Å². The summed E-state index contributed by atoms with van der Waals surface area (Å²) in [5, 5.41) is 5.01. The van der Waals surface area contributed by atoms with Crippen LogP contribution in [0.5, 0.6) is 11.5 Å². The fraction of sp³-hybridized carbons (Fsp3) is 0.565. The average Bonchev–Trinajstić information content (AvgIpc) is 3.21. The van der Waals surface area contributed by atoms with Gasteiger partial charge < -0.3 is 24.4 Å². The highest BCUT2D eigenvalue weighted by molar-refractivity contribution is 6.01. The SMILES string of the molecule is C[C@@H](OC(=O)[C@@H]1CC(=O)N(c2ccc3c(c2)OCCO3)C1)C(=O)NC(=O)NC1CCCCC1. The summed E-state index contributed by atoms with van der Waals surface area (Å²) in [4.78, 5) is 50.9. The monoisotopic (exact) mass is 459 g/mol. The Hall–Kier alpha value is -3.30. The molecule has 2 N–H and O–H groups in total. The molecule has 33 heavy (non-hydrogen) atoms. The van der Waals surface area contributed by atoms with Gasteiger partial charge in [0.15, 0.2) is 17.6 Å². The Morgan fingerprint density at radius 2 is 1.82 bits per heavy atom. The van der Waals surface area contributed by atoms with Gasteiger partial charge in [0.1, 0.15) is 13.2 Å². The smallest absolute Gasteiger partial charge is 0.321 e. The van der Waals surface area contributed by atoms with Crippen molar-refractivity contribution >= 4 is 29.5 Å². The summed E-state index contributed by atoms with van der Waals surface area (Å²) in [6, 6.07) is 4.64. The molecule has 1 aromatic rings. The summed E-state index contributed by atoms with van der Waals surface area (Å²) in [6.07, 6.45) is 3.86. The minimum absolute atomic E-state index is 0.0240. The van der Waals surface area contributed by atoms with Crippen LogP contribution in [0.25, 0.3) is 0 Å². The summed E-state index contributed by atoms with van der Waals surface area (Å²) in [7, 11) is 0. The highest BCUT2D eigenvalue weighted by atomic mass is 16.6. The minimum atomic E-state index is -1.16. The van der Waals surface area contributed by atoms with Gasteiger partial charge in [-0.2, -0.15) is 0 Å². The van der Waals surface area contributed by atoms with E-state index in [-0.39, 0.29) is 24.9 Å². The molecule has 178 valence electrons. The van der Waals surface area contributed by atoms with Crippen molar-refractivity contribution in [1.29, 1.82) is 0 Å². The molecular formula is C23H29N3O7. The molecule has 10 nitrogen and oxygen atoms in total. The van der Waals surface area contributed by atoms with Crippen molar-refractivity contribution in [1.82, 2.24) is 10.6 Å². The summed E-state index contributed by atoms with van der Waals surface area (Å²) in [5.74, 6) is -1.13. The predicted octanol–water partition coefficient (Wildman–Crippen LogP) is 1.90. The lowest BCUT2D eigenvalue weighted by atomic mass is 9.96. The Bertz CT molecular complexity index is 929. The van der Waals surface area contributed by atoms with Crippen LogP contribution in [0.4, 0.5) is 10.5 Å². The molecule has 2 aliphatic heterocycles. The summed E-state index contributed by atoms with van der Waals surface area (Å²) < 4.78 is 16.3. The minimum Gasteiger partial charge on any atom is -0.486 e. The van der Waals surface area contributed by atoms with Crippen LogP contribution in [-0.2, 0) is 19.1 Å². The molecule has 2 atom stereocenters. The number of esters is 1. The highest BCUT2D eigenvalue weighted by Crippen LogP contribution is 2.36. The van der Waals surface area contributed by atoms with E-state index in [4.69, 9.17) is 14.2 Å². The lowest BCUT2D eigenvalue weighted by Gasteiger charge is -2.23. The quantitative estimate of drug-likeness (QED) is 0.645. The predicted molar refractivity (Wildman–Crippen MR) is 117 cm³/mol. The number of carbonyl (C=O) groups excluding carboxylic acids is 4. The Balaban J connectivity index is 1.28. The molecule has 1 aliphatic carbocycles. The van der Waals surface area contributed by atoms with Crippen molar-refractivity contribution in [3.05, 3.63) is 18.2 Å². The zero-order chi connectivity index (χ0) is 23.4. The van der Waals surface area contributed by atoms with Gasteiger partial charge in [-0.15, -0.1) is 0 Å². The molecule has 1 aromatic carbocycles. The summed E-state index contributed by atoms with van der Waals surface area (Å²) >= 11 is 0. The van der Waals surface area contributed by atoms with Crippen molar-refractivity contribution in [3.8, 4) is 11.5 Å². The van der Waals surface area contributed by atoms with Crippen molar-refractivity contribution in [2.24, 2.45) is 5.92 Å². The molecule has 10 heteroatoms. The number of nitrogens with one attached hydrogen (secondary N) is 2. The zero-order valence-electron chi connectivity index (χ0n) is 18.6. The van der Waals surface area contributed by atoms with Crippen molar-refractivity contribution < 1.29 is 33.4 Å².